The number of amides is 1. The highest BCUT2D eigenvalue weighted by Gasteiger charge is 2.15. The number of hydrogen-bond acceptors (Lipinski definition) is 7. The van der Waals surface area contributed by atoms with Gasteiger partial charge in [0.05, 0.1) is 17.6 Å². The molecule has 2 aromatic carbocycles. The Labute approximate surface area is 191 Å². The van der Waals surface area contributed by atoms with E-state index < -0.39 is 16.0 Å². The van der Waals surface area contributed by atoms with Gasteiger partial charge in [0.1, 0.15) is 11.4 Å². The zero-order valence-corrected chi connectivity index (χ0v) is 19.1. The zero-order valence-electron chi connectivity index (χ0n) is 18.3. The fourth-order valence-corrected chi connectivity index (χ4v) is 3.88. The van der Waals surface area contributed by atoms with E-state index in [1.165, 1.54) is 43.5 Å². The molecule has 0 saturated heterocycles. The normalized spacial score (nSPS) is 11.4. The minimum absolute atomic E-state index is 0.0723. The van der Waals surface area contributed by atoms with Crippen LogP contribution in [0, 0.1) is 6.92 Å². The van der Waals surface area contributed by atoms with Crippen LogP contribution in [0.15, 0.2) is 57.9 Å². The van der Waals surface area contributed by atoms with Gasteiger partial charge in [0, 0.05) is 12.1 Å². The van der Waals surface area contributed by atoms with Gasteiger partial charge in [-0.25, -0.2) is 13.2 Å². The largest absolute Gasteiger partial charge is 0.465 e. The molecule has 0 aliphatic heterocycles. The molecule has 0 atom stereocenters. The van der Waals surface area contributed by atoms with Crippen LogP contribution in [-0.2, 0) is 19.6 Å². The van der Waals surface area contributed by atoms with Crippen molar-refractivity contribution in [3.8, 4) is 0 Å². The summed E-state index contributed by atoms with van der Waals surface area (Å²) in [5, 5.41) is 6.62. The second-order valence-electron chi connectivity index (χ2n) is 6.99. The Bertz CT molecular complexity index is 1280. The fraction of sp³-hybridized carbons (Fsp3) is 0.174. The molecule has 0 aliphatic rings. The van der Waals surface area contributed by atoms with Gasteiger partial charge in [0.25, 0.3) is 10.0 Å². The maximum absolute atomic E-state index is 12.7. The van der Waals surface area contributed by atoms with Gasteiger partial charge >= 0.3 is 5.97 Å². The lowest BCUT2D eigenvalue weighted by molar-refractivity contribution is -0.115. The molecule has 1 aromatic heterocycles. The van der Waals surface area contributed by atoms with Gasteiger partial charge in [0.15, 0.2) is 5.76 Å². The van der Waals surface area contributed by atoms with E-state index in [0.29, 0.717) is 34.8 Å². The number of methoxy groups -OCH3 is 1. The lowest BCUT2D eigenvalue weighted by atomic mass is 10.2. The Morgan fingerprint density at radius 3 is 2.33 bits per heavy atom. The van der Waals surface area contributed by atoms with Crippen molar-refractivity contribution in [1.29, 1.82) is 0 Å². The topological polar surface area (TPSA) is 128 Å². The molecule has 0 aliphatic carbocycles. The number of benzene rings is 2. The van der Waals surface area contributed by atoms with Crippen molar-refractivity contribution in [3.63, 3.8) is 0 Å². The molecular formula is C23H23N3O6S. The first-order valence-corrected chi connectivity index (χ1v) is 11.5. The van der Waals surface area contributed by atoms with Crippen LogP contribution in [0.4, 0.5) is 11.4 Å². The van der Waals surface area contributed by atoms with E-state index >= 15 is 0 Å². The van der Waals surface area contributed by atoms with Crippen LogP contribution in [0.25, 0.3) is 12.2 Å². The lowest BCUT2D eigenvalue weighted by Crippen LogP contribution is -2.13. The summed E-state index contributed by atoms with van der Waals surface area (Å²) < 4.78 is 37.7. The van der Waals surface area contributed by atoms with Crippen LogP contribution < -0.4 is 10.0 Å². The van der Waals surface area contributed by atoms with Crippen LogP contribution in [0.1, 0.15) is 40.7 Å². The van der Waals surface area contributed by atoms with E-state index in [9.17, 15) is 18.0 Å². The predicted octanol–water partition coefficient (Wildman–Crippen LogP) is 4.09. The summed E-state index contributed by atoms with van der Waals surface area (Å²) in [4.78, 5) is 23.3. The molecule has 0 bridgehead atoms. The Kier molecular flexibility index (Phi) is 7.29. The Morgan fingerprint density at radius 1 is 1.06 bits per heavy atom. The van der Waals surface area contributed by atoms with Crippen LogP contribution in [0.5, 0.6) is 0 Å². The Hall–Kier alpha value is -3.92. The molecule has 10 heteroatoms. The lowest BCUT2D eigenvalue weighted by Gasteiger charge is -2.09. The predicted molar refractivity (Wildman–Crippen MR) is 124 cm³/mol. The third-order valence-corrected chi connectivity index (χ3v) is 6.05. The maximum atomic E-state index is 12.7. The summed E-state index contributed by atoms with van der Waals surface area (Å²) in [6.45, 7) is 3.47. The standard InChI is InChI=1S/C23H23N3O6S/c1-4-21(27)24-22-15(2)25-32-20(22)14-7-16-5-12-19(13-6-16)33(29,30)26-18-10-8-17(9-11-18)23(28)31-3/h5-14,26H,4H2,1-3H3,(H,24,27)/b14-7-. The molecule has 3 rings (SSSR count). The van der Waals surface area contributed by atoms with Gasteiger partial charge in [-0.15, -0.1) is 0 Å². The highest BCUT2D eigenvalue weighted by Crippen LogP contribution is 2.23. The fourth-order valence-electron chi connectivity index (χ4n) is 2.82. The molecule has 0 saturated carbocycles. The van der Waals surface area contributed by atoms with Crippen molar-refractivity contribution in [1.82, 2.24) is 5.16 Å². The van der Waals surface area contributed by atoms with Gasteiger partial charge in [0.2, 0.25) is 5.91 Å². The number of nitrogens with one attached hydrogen (secondary N) is 2. The molecule has 1 heterocycles. The highest BCUT2D eigenvalue weighted by atomic mass is 32.2. The molecule has 3 aromatic rings. The van der Waals surface area contributed by atoms with Crippen molar-refractivity contribution in [3.05, 3.63) is 71.1 Å². The van der Waals surface area contributed by atoms with Crippen molar-refractivity contribution in [2.45, 2.75) is 25.2 Å². The molecule has 1 amide bonds. The molecule has 0 radical (unpaired) electrons. The smallest absolute Gasteiger partial charge is 0.337 e. The van der Waals surface area contributed by atoms with E-state index in [1.807, 2.05) is 0 Å². The first-order chi connectivity index (χ1) is 15.7. The zero-order chi connectivity index (χ0) is 24.0. The minimum Gasteiger partial charge on any atom is -0.465 e. The monoisotopic (exact) mass is 469 g/mol. The van der Waals surface area contributed by atoms with Crippen molar-refractivity contribution in [2.75, 3.05) is 17.1 Å². The first kappa shape index (κ1) is 23.7. The quantitative estimate of drug-likeness (QED) is 0.476. The molecule has 0 fully saturated rings. The van der Waals surface area contributed by atoms with Gasteiger partial charge in [-0.2, -0.15) is 0 Å². The summed E-state index contributed by atoms with van der Waals surface area (Å²) in [6, 6.07) is 12.1. The summed E-state index contributed by atoms with van der Waals surface area (Å²) in [6.07, 6.45) is 3.69. The van der Waals surface area contributed by atoms with Crippen LogP contribution in [0.2, 0.25) is 0 Å². The summed E-state index contributed by atoms with van der Waals surface area (Å²) >= 11 is 0. The number of aromatic nitrogens is 1. The third-order valence-electron chi connectivity index (χ3n) is 4.65. The van der Waals surface area contributed by atoms with E-state index in [4.69, 9.17) is 4.52 Å². The number of anilines is 2. The van der Waals surface area contributed by atoms with E-state index in [2.05, 4.69) is 19.9 Å². The van der Waals surface area contributed by atoms with Crippen LogP contribution >= 0.6 is 0 Å². The Morgan fingerprint density at radius 2 is 1.73 bits per heavy atom. The number of esters is 1. The highest BCUT2D eigenvalue weighted by molar-refractivity contribution is 7.92. The SMILES string of the molecule is CCC(=O)Nc1c(C)noc1/C=C\c1ccc(S(=O)(=O)Nc2ccc(C(=O)OC)cc2)cc1. The van der Waals surface area contributed by atoms with Crippen molar-refractivity contribution >= 4 is 45.4 Å². The molecule has 2 N–H and O–H groups in total. The third kappa shape index (κ3) is 5.86. The first-order valence-electron chi connectivity index (χ1n) is 9.99. The number of carbonyl (C=O) groups is 2. The molecule has 0 unspecified atom stereocenters. The summed E-state index contributed by atoms with van der Waals surface area (Å²) in [5.74, 6) is -0.269. The minimum atomic E-state index is -3.82. The van der Waals surface area contributed by atoms with E-state index in [0.717, 1.165) is 5.56 Å². The van der Waals surface area contributed by atoms with Crippen LogP contribution in [0.3, 0.4) is 0 Å². The van der Waals surface area contributed by atoms with Gasteiger partial charge < -0.3 is 14.6 Å². The molecule has 33 heavy (non-hydrogen) atoms. The number of ether oxygens (including phenoxy) is 1. The van der Waals surface area contributed by atoms with Crippen molar-refractivity contribution < 1.29 is 27.3 Å². The number of sulfonamides is 1. The van der Waals surface area contributed by atoms with Gasteiger partial charge in [-0.05, 0) is 55.0 Å². The van der Waals surface area contributed by atoms with Gasteiger partial charge in [-0.3, -0.25) is 9.52 Å². The average molecular weight is 470 g/mol. The van der Waals surface area contributed by atoms with E-state index in [-0.39, 0.29) is 10.8 Å². The maximum Gasteiger partial charge on any atom is 0.337 e. The van der Waals surface area contributed by atoms with Crippen molar-refractivity contribution in [2.24, 2.45) is 0 Å². The molecule has 9 nitrogen and oxygen atoms in total. The Balaban J connectivity index is 1.72. The number of hydrogen-bond donors (Lipinski definition) is 2. The summed E-state index contributed by atoms with van der Waals surface area (Å²) in [5.41, 5.74) is 2.41. The summed E-state index contributed by atoms with van der Waals surface area (Å²) in [7, 11) is -2.55. The second kappa shape index (κ2) is 10.1. The van der Waals surface area contributed by atoms with E-state index in [1.54, 1.807) is 38.1 Å². The van der Waals surface area contributed by atoms with Gasteiger partial charge in [-0.1, -0.05) is 30.3 Å². The number of carbonyl (C=O) groups excluding carboxylic acids is 2. The second-order valence-corrected chi connectivity index (χ2v) is 8.67. The number of nitrogens with zero attached hydrogens (tertiary/aromatic N) is 1. The molecule has 172 valence electrons. The number of rotatable bonds is 8. The molecule has 0 spiro atoms. The number of aryl methyl sites for hydroxylation is 1. The van der Waals surface area contributed by atoms with Crippen LogP contribution in [-0.4, -0.2) is 32.6 Å². The molecular weight excluding hydrogens is 446 g/mol. The average Bonchev–Trinajstić information content (AvgIpc) is 3.16.